The average Bonchev–Trinajstić information content (AvgIpc) is 2.81. The molecular weight excluding hydrogens is 294 g/mol. The summed E-state index contributed by atoms with van der Waals surface area (Å²) in [6.45, 7) is 6.42. The minimum Gasteiger partial charge on any atom is -0.469 e. The molecule has 0 aliphatic carbocycles. The third-order valence-electron chi connectivity index (χ3n) is 4.62. The lowest BCUT2D eigenvalue weighted by Crippen LogP contribution is -2.46. The first-order valence-electron chi connectivity index (χ1n) is 8.00. The highest BCUT2D eigenvalue weighted by Crippen LogP contribution is 2.19. The maximum atomic E-state index is 11.6. The summed E-state index contributed by atoms with van der Waals surface area (Å²) >= 11 is 0. The largest absolute Gasteiger partial charge is 0.469 e. The number of carbonyl (C=O) groups is 1. The number of guanidine groups is 1. The standard InChI is InChI=1S/C16H27N5O2/c1-11-14(12(2)20(4)19-11)10-18-16(17-3)21-8-6-13(7-9-21)15(22)23-5/h13H,6-10H2,1-5H3,(H,17,18). The molecule has 1 aromatic rings. The molecule has 1 N–H and O–H groups in total. The molecule has 0 amide bonds. The Morgan fingerprint density at radius 2 is 2.04 bits per heavy atom. The summed E-state index contributed by atoms with van der Waals surface area (Å²) in [5.41, 5.74) is 3.41. The SMILES string of the molecule is CN=C(NCc1c(C)nn(C)c1C)N1CCC(C(=O)OC)CC1. The molecule has 0 unspecified atom stereocenters. The lowest BCUT2D eigenvalue weighted by Gasteiger charge is -2.33. The van der Waals surface area contributed by atoms with Crippen LogP contribution in [0, 0.1) is 19.8 Å². The molecule has 0 saturated carbocycles. The number of carbonyl (C=O) groups excluding carboxylic acids is 1. The molecule has 1 saturated heterocycles. The number of hydrogen-bond acceptors (Lipinski definition) is 4. The van der Waals surface area contributed by atoms with E-state index in [-0.39, 0.29) is 11.9 Å². The molecule has 0 aromatic carbocycles. The van der Waals surface area contributed by atoms with Crippen molar-refractivity contribution in [3.8, 4) is 0 Å². The van der Waals surface area contributed by atoms with E-state index in [1.807, 2.05) is 18.7 Å². The maximum absolute atomic E-state index is 11.6. The van der Waals surface area contributed by atoms with Gasteiger partial charge < -0.3 is 15.0 Å². The first-order valence-corrected chi connectivity index (χ1v) is 8.00. The highest BCUT2D eigenvalue weighted by Gasteiger charge is 2.27. The molecule has 2 rings (SSSR count). The molecule has 7 heteroatoms. The fraction of sp³-hybridized carbons (Fsp3) is 0.688. The van der Waals surface area contributed by atoms with E-state index < -0.39 is 0 Å². The van der Waals surface area contributed by atoms with E-state index in [2.05, 4.69) is 27.2 Å². The number of rotatable bonds is 3. The van der Waals surface area contributed by atoms with E-state index in [0.29, 0.717) is 6.54 Å². The number of likely N-dealkylation sites (tertiary alicyclic amines) is 1. The summed E-state index contributed by atoms with van der Waals surface area (Å²) in [5.74, 6) is 0.780. The monoisotopic (exact) mass is 321 g/mol. The Labute approximate surface area is 137 Å². The molecule has 1 aliphatic rings. The molecule has 1 aliphatic heterocycles. The van der Waals surface area contributed by atoms with Gasteiger partial charge >= 0.3 is 5.97 Å². The molecule has 1 aromatic heterocycles. The van der Waals surface area contributed by atoms with Crippen molar-refractivity contribution in [3.05, 3.63) is 17.0 Å². The first kappa shape index (κ1) is 17.3. The predicted molar refractivity (Wildman–Crippen MR) is 89.2 cm³/mol. The molecule has 128 valence electrons. The molecule has 0 radical (unpaired) electrons. The van der Waals surface area contributed by atoms with Crippen LogP contribution in [0.1, 0.15) is 29.8 Å². The lowest BCUT2D eigenvalue weighted by molar-refractivity contribution is -0.146. The van der Waals surface area contributed by atoms with Crippen molar-refractivity contribution in [2.24, 2.45) is 18.0 Å². The molecule has 23 heavy (non-hydrogen) atoms. The van der Waals surface area contributed by atoms with E-state index in [4.69, 9.17) is 4.74 Å². The topological polar surface area (TPSA) is 71.8 Å². The van der Waals surface area contributed by atoms with Crippen molar-refractivity contribution < 1.29 is 9.53 Å². The lowest BCUT2D eigenvalue weighted by atomic mass is 9.97. The highest BCUT2D eigenvalue weighted by atomic mass is 16.5. The molecule has 0 spiro atoms. The highest BCUT2D eigenvalue weighted by molar-refractivity contribution is 5.80. The van der Waals surface area contributed by atoms with Crippen LogP contribution in [0.4, 0.5) is 0 Å². The minimum atomic E-state index is -0.103. The minimum absolute atomic E-state index is 0.0113. The van der Waals surface area contributed by atoms with Crippen LogP contribution in [-0.2, 0) is 23.1 Å². The number of aliphatic imine (C=N–C) groups is 1. The Morgan fingerprint density at radius 1 is 1.39 bits per heavy atom. The summed E-state index contributed by atoms with van der Waals surface area (Å²) < 4.78 is 6.73. The number of esters is 1. The number of piperidine rings is 1. The zero-order chi connectivity index (χ0) is 17.0. The number of ether oxygens (including phenoxy) is 1. The fourth-order valence-electron chi connectivity index (χ4n) is 3.07. The van der Waals surface area contributed by atoms with Crippen LogP contribution in [0.2, 0.25) is 0 Å². The summed E-state index contributed by atoms with van der Waals surface area (Å²) in [6, 6.07) is 0. The van der Waals surface area contributed by atoms with Gasteiger partial charge in [0.05, 0.1) is 18.7 Å². The van der Waals surface area contributed by atoms with Gasteiger partial charge in [0.1, 0.15) is 0 Å². The van der Waals surface area contributed by atoms with E-state index in [1.165, 1.54) is 12.7 Å². The van der Waals surface area contributed by atoms with Crippen LogP contribution in [-0.4, -0.2) is 53.9 Å². The van der Waals surface area contributed by atoms with Crippen LogP contribution < -0.4 is 5.32 Å². The van der Waals surface area contributed by atoms with Gasteiger partial charge in [0.15, 0.2) is 5.96 Å². The van der Waals surface area contributed by atoms with Gasteiger partial charge in [-0.15, -0.1) is 0 Å². The number of hydrogen-bond donors (Lipinski definition) is 1. The zero-order valence-electron chi connectivity index (χ0n) is 14.7. The molecule has 0 bridgehead atoms. The second-order valence-corrected chi connectivity index (χ2v) is 5.96. The van der Waals surface area contributed by atoms with Gasteiger partial charge in [0, 0.05) is 45.0 Å². The van der Waals surface area contributed by atoms with Crippen molar-refractivity contribution in [2.45, 2.75) is 33.2 Å². The van der Waals surface area contributed by atoms with E-state index >= 15 is 0 Å². The van der Waals surface area contributed by atoms with Gasteiger partial charge in [-0.1, -0.05) is 0 Å². The van der Waals surface area contributed by atoms with Crippen molar-refractivity contribution in [1.82, 2.24) is 20.0 Å². The van der Waals surface area contributed by atoms with Gasteiger partial charge in [0.2, 0.25) is 0 Å². The molecule has 7 nitrogen and oxygen atoms in total. The van der Waals surface area contributed by atoms with Crippen molar-refractivity contribution >= 4 is 11.9 Å². The van der Waals surface area contributed by atoms with Crippen LogP contribution in [0.15, 0.2) is 4.99 Å². The van der Waals surface area contributed by atoms with Crippen molar-refractivity contribution in [2.75, 3.05) is 27.2 Å². The second kappa shape index (κ2) is 7.48. The third kappa shape index (κ3) is 3.83. The first-order chi connectivity index (χ1) is 11.0. The quantitative estimate of drug-likeness (QED) is 0.511. The van der Waals surface area contributed by atoms with E-state index in [1.54, 1.807) is 7.05 Å². The van der Waals surface area contributed by atoms with E-state index in [9.17, 15) is 4.79 Å². The van der Waals surface area contributed by atoms with Gasteiger partial charge in [0.25, 0.3) is 0 Å². The summed E-state index contributed by atoms with van der Waals surface area (Å²) in [5, 5.41) is 7.85. The van der Waals surface area contributed by atoms with Crippen LogP contribution >= 0.6 is 0 Å². The maximum Gasteiger partial charge on any atom is 0.308 e. The predicted octanol–water partition coefficient (Wildman–Crippen LogP) is 0.997. The molecule has 1 fully saturated rings. The van der Waals surface area contributed by atoms with Crippen LogP contribution in [0.5, 0.6) is 0 Å². The molecule has 0 atom stereocenters. The second-order valence-electron chi connectivity index (χ2n) is 5.96. The van der Waals surface area contributed by atoms with Gasteiger partial charge in [-0.3, -0.25) is 14.5 Å². The van der Waals surface area contributed by atoms with Crippen LogP contribution in [0.3, 0.4) is 0 Å². The number of methoxy groups -OCH3 is 1. The molecule has 2 heterocycles. The normalized spacial score (nSPS) is 16.6. The Balaban J connectivity index is 1.93. The summed E-state index contributed by atoms with van der Waals surface area (Å²) in [6.07, 6.45) is 1.61. The number of nitrogens with one attached hydrogen (secondary N) is 1. The van der Waals surface area contributed by atoms with Crippen LogP contribution in [0.25, 0.3) is 0 Å². The number of nitrogens with zero attached hydrogens (tertiary/aromatic N) is 4. The van der Waals surface area contributed by atoms with Gasteiger partial charge in [-0.05, 0) is 26.7 Å². The Kier molecular flexibility index (Phi) is 5.63. The van der Waals surface area contributed by atoms with Gasteiger partial charge in [-0.25, -0.2) is 0 Å². The summed E-state index contributed by atoms with van der Waals surface area (Å²) in [4.78, 5) is 18.2. The Bertz CT molecular complexity index is 586. The number of aromatic nitrogens is 2. The van der Waals surface area contributed by atoms with Gasteiger partial charge in [-0.2, -0.15) is 5.10 Å². The van der Waals surface area contributed by atoms with Crippen molar-refractivity contribution in [1.29, 1.82) is 0 Å². The Morgan fingerprint density at radius 3 is 2.52 bits per heavy atom. The smallest absolute Gasteiger partial charge is 0.308 e. The fourth-order valence-corrected chi connectivity index (χ4v) is 3.07. The average molecular weight is 321 g/mol. The van der Waals surface area contributed by atoms with Crippen molar-refractivity contribution in [3.63, 3.8) is 0 Å². The van der Waals surface area contributed by atoms with E-state index in [0.717, 1.165) is 43.3 Å². The zero-order valence-corrected chi connectivity index (χ0v) is 14.7. The number of aryl methyl sites for hydroxylation is 2. The molecular formula is C16H27N5O2. The Hall–Kier alpha value is -2.05. The summed E-state index contributed by atoms with van der Waals surface area (Å²) in [7, 11) is 5.20. The third-order valence-corrected chi connectivity index (χ3v) is 4.62.